The maximum absolute atomic E-state index is 13.7. The molecule has 5 rings (SSSR count). The van der Waals surface area contributed by atoms with Gasteiger partial charge in [-0.3, -0.25) is 9.78 Å². The van der Waals surface area contributed by atoms with Crippen molar-refractivity contribution in [1.82, 2.24) is 4.98 Å². The van der Waals surface area contributed by atoms with Crippen LogP contribution in [0.4, 0.5) is 11.4 Å². The van der Waals surface area contributed by atoms with Crippen LogP contribution >= 0.6 is 0 Å². The van der Waals surface area contributed by atoms with Gasteiger partial charge in [0.25, 0.3) is 5.91 Å². The summed E-state index contributed by atoms with van der Waals surface area (Å²) < 4.78 is 0. The van der Waals surface area contributed by atoms with Crippen LogP contribution in [0.25, 0.3) is 33.2 Å². The lowest BCUT2D eigenvalue weighted by Crippen LogP contribution is -2.14. The van der Waals surface area contributed by atoms with Crippen molar-refractivity contribution >= 4 is 28.2 Å². The first-order valence-corrected chi connectivity index (χ1v) is 11.2. The third kappa shape index (κ3) is 4.26. The first-order valence-electron chi connectivity index (χ1n) is 11.2. The number of hydrogen-bond acceptors (Lipinski definition) is 3. The third-order valence-corrected chi connectivity index (χ3v) is 5.95. The Balaban J connectivity index is 1.59. The van der Waals surface area contributed by atoms with E-state index in [-0.39, 0.29) is 5.91 Å². The van der Waals surface area contributed by atoms with Crippen LogP contribution in [-0.4, -0.2) is 25.0 Å². The van der Waals surface area contributed by atoms with Crippen molar-refractivity contribution in [3.05, 3.63) is 115 Å². The van der Waals surface area contributed by atoms with E-state index in [9.17, 15) is 4.79 Å². The highest BCUT2D eigenvalue weighted by Gasteiger charge is 2.16. The molecule has 0 atom stereocenters. The summed E-state index contributed by atoms with van der Waals surface area (Å²) in [5.41, 5.74) is 7.14. The largest absolute Gasteiger partial charge is 0.378 e. The highest BCUT2D eigenvalue weighted by molar-refractivity contribution is 6.12. The van der Waals surface area contributed by atoms with E-state index in [0.717, 1.165) is 38.8 Å². The lowest BCUT2D eigenvalue weighted by atomic mass is 9.94. The molecular formula is C30H25N3O. The molecule has 0 saturated heterocycles. The van der Waals surface area contributed by atoms with Gasteiger partial charge in [0.1, 0.15) is 0 Å². The van der Waals surface area contributed by atoms with Crippen molar-refractivity contribution in [2.75, 3.05) is 24.3 Å². The standard InChI is InChI=1S/C30H25N3O/c1-33(2)25-16-13-22(14-17-25)26-18-15-24(21-8-4-3-5-9-21)20-27(26)30(34)32-28-12-6-10-23-11-7-19-31-29(23)28/h3-20H,1-2H3,(H,32,34). The molecule has 0 aliphatic carbocycles. The average Bonchev–Trinajstić information content (AvgIpc) is 2.89. The monoisotopic (exact) mass is 443 g/mol. The van der Waals surface area contributed by atoms with Crippen LogP contribution < -0.4 is 10.2 Å². The van der Waals surface area contributed by atoms with Gasteiger partial charge in [0, 0.05) is 36.9 Å². The average molecular weight is 444 g/mol. The molecule has 0 bridgehead atoms. The second kappa shape index (κ2) is 9.20. The number of pyridine rings is 1. The number of amides is 1. The lowest BCUT2D eigenvalue weighted by molar-refractivity contribution is 0.102. The number of anilines is 2. The second-order valence-electron chi connectivity index (χ2n) is 8.40. The van der Waals surface area contributed by atoms with E-state index in [4.69, 9.17) is 0 Å². The van der Waals surface area contributed by atoms with Crippen LogP contribution in [0.5, 0.6) is 0 Å². The number of benzene rings is 4. The van der Waals surface area contributed by atoms with Crippen molar-refractivity contribution in [3.63, 3.8) is 0 Å². The molecular weight excluding hydrogens is 418 g/mol. The first kappa shape index (κ1) is 21.4. The number of fused-ring (bicyclic) bond motifs is 1. The Morgan fingerprint density at radius 2 is 1.47 bits per heavy atom. The van der Waals surface area contributed by atoms with Gasteiger partial charge in [-0.15, -0.1) is 0 Å². The molecule has 1 heterocycles. The second-order valence-corrected chi connectivity index (χ2v) is 8.40. The minimum absolute atomic E-state index is 0.164. The minimum Gasteiger partial charge on any atom is -0.378 e. The zero-order valence-corrected chi connectivity index (χ0v) is 19.2. The number of nitrogens with zero attached hydrogens (tertiary/aromatic N) is 2. The number of para-hydroxylation sites is 1. The first-order chi connectivity index (χ1) is 16.6. The Bertz CT molecular complexity index is 1450. The quantitative estimate of drug-likeness (QED) is 0.322. The highest BCUT2D eigenvalue weighted by Crippen LogP contribution is 2.31. The van der Waals surface area contributed by atoms with Gasteiger partial charge in [-0.05, 0) is 52.6 Å². The van der Waals surface area contributed by atoms with Gasteiger partial charge < -0.3 is 10.2 Å². The predicted octanol–water partition coefficient (Wildman–Crippen LogP) is 6.89. The molecule has 1 aromatic heterocycles. The smallest absolute Gasteiger partial charge is 0.256 e. The normalized spacial score (nSPS) is 10.8. The zero-order valence-electron chi connectivity index (χ0n) is 19.2. The van der Waals surface area contributed by atoms with Crippen LogP contribution in [0.15, 0.2) is 109 Å². The van der Waals surface area contributed by atoms with E-state index in [1.807, 2.05) is 74.8 Å². The number of nitrogens with one attached hydrogen (secondary N) is 1. The molecule has 1 N–H and O–H groups in total. The number of carbonyl (C=O) groups is 1. The molecule has 0 radical (unpaired) electrons. The van der Waals surface area contributed by atoms with Gasteiger partial charge in [-0.2, -0.15) is 0 Å². The summed E-state index contributed by atoms with van der Waals surface area (Å²) in [6.07, 6.45) is 1.74. The molecule has 1 amide bonds. The summed E-state index contributed by atoms with van der Waals surface area (Å²) in [5, 5.41) is 4.09. The van der Waals surface area contributed by atoms with Gasteiger partial charge in [0.15, 0.2) is 0 Å². The summed E-state index contributed by atoms with van der Waals surface area (Å²) in [4.78, 5) is 20.2. The molecule has 166 valence electrons. The fraction of sp³-hybridized carbons (Fsp3) is 0.0667. The minimum atomic E-state index is -0.164. The Morgan fingerprint density at radius 1 is 0.735 bits per heavy atom. The van der Waals surface area contributed by atoms with E-state index in [1.54, 1.807) is 6.20 Å². The topological polar surface area (TPSA) is 45.2 Å². The molecule has 0 spiro atoms. The number of carbonyl (C=O) groups excluding carboxylic acids is 1. The molecule has 4 aromatic carbocycles. The van der Waals surface area contributed by atoms with Gasteiger partial charge in [-0.1, -0.05) is 72.8 Å². The third-order valence-electron chi connectivity index (χ3n) is 5.95. The maximum Gasteiger partial charge on any atom is 0.256 e. The molecule has 0 aliphatic rings. The van der Waals surface area contributed by atoms with Crippen LogP contribution in [0.3, 0.4) is 0 Å². The molecule has 5 aromatic rings. The molecule has 4 nitrogen and oxygen atoms in total. The summed E-state index contributed by atoms with van der Waals surface area (Å²) in [6.45, 7) is 0. The molecule has 0 fully saturated rings. The molecule has 0 aliphatic heterocycles. The summed E-state index contributed by atoms with van der Waals surface area (Å²) >= 11 is 0. The molecule has 34 heavy (non-hydrogen) atoms. The number of rotatable bonds is 5. The number of hydrogen-bond donors (Lipinski definition) is 1. The van der Waals surface area contributed by atoms with E-state index in [1.165, 1.54) is 0 Å². The van der Waals surface area contributed by atoms with E-state index in [0.29, 0.717) is 11.3 Å². The Labute approximate surface area is 199 Å². The van der Waals surface area contributed by atoms with Crippen molar-refractivity contribution < 1.29 is 4.79 Å². The van der Waals surface area contributed by atoms with Crippen molar-refractivity contribution in [1.29, 1.82) is 0 Å². The summed E-state index contributed by atoms with van der Waals surface area (Å²) in [6, 6.07) is 34.1. The van der Waals surface area contributed by atoms with Crippen molar-refractivity contribution in [2.45, 2.75) is 0 Å². The van der Waals surface area contributed by atoms with Crippen LogP contribution in [-0.2, 0) is 0 Å². The maximum atomic E-state index is 13.7. The number of aromatic nitrogens is 1. The Hall–Kier alpha value is -4.44. The van der Waals surface area contributed by atoms with E-state index in [2.05, 4.69) is 57.7 Å². The predicted molar refractivity (Wildman–Crippen MR) is 141 cm³/mol. The van der Waals surface area contributed by atoms with Gasteiger partial charge in [0.05, 0.1) is 11.2 Å². The fourth-order valence-corrected chi connectivity index (χ4v) is 4.13. The van der Waals surface area contributed by atoms with E-state index < -0.39 is 0 Å². The summed E-state index contributed by atoms with van der Waals surface area (Å²) in [7, 11) is 4.03. The van der Waals surface area contributed by atoms with Gasteiger partial charge in [-0.25, -0.2) is 0 Å². The van der Waals surface area contributed by atoms with E-state index >= 15 is 0 Å². The zero-order chi connectivity index (χ0) is 23.5. The highest BCUT2D eigenvalue weighted by atomic mass is 16.1. The SMILES string of the molecule is CN(C)c1ccc(-c2ccc(-c3ccccc3)cc2C(=O)Nc2cccc3cccnc23)cc1. The fourth-order valence-electron chi connectivity index (χ4n) is 4.13. The molecule has 4 heteroatoms. The Kier molecular flexibility index (Phi) is 5.79. The van der Waals surface area contributed by atoms with Crippen LogP contribution in [0, 0.1) is 0 Å². The molecule has 0 saturated carbocycles. The lowest BCUT2D eigenvalue weighted by Gasteiger charge is -2.16. The van der Waals surface area contributed by atoms with Gasteiger partial charge in [0.2, 0.25) is 0 Å². The van der Waals surface area contributed by atoms with Gasteiger partial charge >= 0.3 is 0 Å². The Morgan fingerprint density at radius 3 is 2.24 bits per heavy atom. The van der Waals surface area contributed by atoms with Crippen LogP contribution in [0.2, 0.25) is 0 Å². The summed E-state index contributed by atoms with van der Waals surface area (Å²) in [5.74, 6) is -0.164. The van der Waals surface area contributed by atoms with Crippen molar-refractivity contribution in [2.24, 2.45) is 0 Å². The van der Waals surface area contributed by atoms with Crippen molar-refractivity contribution in [3.8, 4) is 22.3 Å². The molecule has 0 unspecified atom stereocenters. The van der Waals surface area contributed by atoms with Crippen LogP contribution in [0.1, 0.15) is 10.4 Å².